The number of hydrogen-bond donors (Lipinski definition) is 1. The fourth-order valence-electron chi connectivity index (χ4n) is 1.65. The Bertz CT molecular complexity index is 462. The van der Waals surface area contributed by atoms with Gasteiger partial charge in [-0.3, -0.25) is 0 Å². The number of alkyl halides is 1. The summed E-state index contributed by atoms with van der Waals surface area (Å²) in [5, 5.41) is 13.9. The van der Waals surface area contributed by atoms with E-state index >= 15 is 0 Å². The lowest BCUT2D eigenvalue weighted by atomic mass is 10.0. The zero-order chi connectivity index (χ0) is 10.1. The van der Waals surface area contributed by atoms with E-state index in [1.54, 1.807) is 11.3 Å². The maximum absolute atomic E-state index is 10.0. The number of rotatable bonds is 2. The molecule has 0 spiro atoms. The zero-order valence-corrected chi connectivity index (χ0v) is 10.3. The van der Waals surface area contributed by atoms with Crippen LogP contribution in [0, 0.1) is 0 Å². The van der Waals surface area contributed by atoms with Gasteiger partial charge in [0.1, 0.15) is 5.75 Å². The van der Waals surface area contributed by atoms with Crippen molar-refractivity contribution in [3.8, 4) is 5.75 Å². The number of fused-ring (bicyclic) bond motifs is 1. The van der Waals surface area contributed by atoms with Crippen LogP contribution in [-0.2, 0) is 11.8 Å². The molecule has 0 aliphatic heterocycles. The first kappa shape index (κ1) is 9.99. The highest BCUT2D eigenvalue weighted by Gasteiger charge is 2.11. The lowest BCUT2D eigenvalue weighted by Crippen LogP contribution is -1.89. The van der Waals surface area contributed by atoms with Crippen LogP contribution in [0.25, 0.3) is 10.1 Å². The van der Waals surface area contributed by atoms with Crippen molar-refractivity contribution in [1.29, 1.82) is 0 Å². The molecule has 0 amide bonds. The van der Waals surface area contributed by atoms with Crippen LogP contribution in [-0.4, -0.2) is 5.11 Å². The molecule has 2 rings (SSSR count). The molecule has 14 heavy (non-hydrogen) atoms. The van der Waals surface area contributed by atoms with Crippen LogP contribution >= 0.6 is 27.3 Å². The fourth-order valence-corrected chi connectivity index (χ4v) is 3.13. The molecule has 0 aliphatic rings. The number of benzene rings is 1. The minimum absolute atomic E-state index is 0.450. The number of hydrogen-bond acceptors (Lipinski definition) is 2. The first-order valence-corrected chi connectivity index (χ1v) is 6.55. The smallest absolute Gasteiger partial charge is 0.137 e. The minimum atomic E-state index is 0.450. The Hall–Kier alpha value is -0.540. The van der Waals surface area contributed by atoms with Gasteiger partial charge in [-0.2, -0.15) is 0 Å². The Morgan fingerprint density at radius 2 is 2.29 bits per heavy atom. The van der Waals surface area contributed by atoms with E-state index in [0.29, 0.717) is 5.75 Å². The maximum Gasteiger partial charge on any atom is 0.137 e. The van der Waals surface area contributed by atoms with Crippen LogP contribution in [0.3, 0.4) is 0 Å². The van der Waals surface area contributed by atoms with Crippen LogP contribution in [0.5, 0.6) is 5.75 Å². The van der Waals surface area contributed by atoms with Gasteiger partial charge in [-0.15, -0.1) is 11.3 Å². The average molecular weight is 271 g/mol. The van der Waals surface area contributed by atoms with Gasteiger partial charge < -0.3 is 5.11 Å². The quantitative estimate of drug-likeness (QED) is 0.816. The third kappa shape index (κ3) is 1.44. The third-order valence-corrected chi connectivity index (χ3v) is 3.93. The molecule has 0 aliphatic carbocycles. The Labute approximate surface area is 95.5 Å². The molecule has 3 heteroatoms. The largest absolute Gasteiger partial charge is 0.506 e. The minimum Gasteiger partial charge on any atom is -0.506 e. The summed E-state index contributed by atoms with van der Waals surface area (Å²) in [6, 6.07) is 4.22. The third-order valence-electron chi connectivity index (χ3n) is 2.43. The first-order chi connectivity index (χ1) is 6.77. The van der Waals surface area contributed by atoms with Crippen molar-refractivity contribution in [2.75, 3.05) is 0 Å². The molecule has 0 radical (unpaired) electrons. The van der Waals surface area contributed by atoms with Crippen molar-refractivity contribution in [3.05, 3.63) is 28.6 Å². The summed E-state index contributed by atoms with van der Waals surface area (Å²) in [5.41, 5.74) is 2.26. The molecule has 1 N–H and O–H groups in total. The van der Waals surface area contributed by atoms with Gasteiger partial charge in [-0.25, -0.2) is 0 Å². The molecule has 74 valence electrons. The van der Waals surface area contributed by atoms with Crippen LogP contribution in [0.15, 0.2) is 17.5 Å². The van der Waals surface area contributed by atoms with Gasteiger partial charge in [0.15, 0.2) is 0 Å². The van der Waals surface area contributed by atoms with Crippen molar-refractivity contribution >= 4 is 37.4 Å². The second kappa shape index (κ2) is 3.91. The molecule has 0 saturated carbocycles. The van der Waals surface area contributed by atoms with E-state index in [2.05, 4.69) is 35.0 Å². The molecule has 0 fully saturated rings. The Morgan fingerprint density at radius 1 is 1.50 bits per heavy atom. The standard InChI is InChI=1S/C11H11BrOS/c1-2-7-5-8-3-4-14-11(8)10(13)9(7)6-12/h3-5,13H,2,6H2,1H3. The number of phenols is 1. The second-order valence-electron chi connectivity index (χ2n) is 3.19. The Morgan fingerprint density at radius 3 is 2.93 bits per heavy atom. The molecule has 1 heterocycles. The number of aromatic hydroxyl groups is 1. The Balaban J connectivity index is 2.79. The molecule has 0 bridgehead atoms. The fraction of sp³-hybridized carbons (Fsp3) is 0.273. The zero-order valence-electron chi connectivity index (χ0n) is 7.88. The monoisotopic (exact) mass is 270 g/mol. The van der Waals surface area contributed by atoms with Crippen molar-refractivity contribution < 1.29 is 5.11 Å². The highest BCUT2D eigenvalue weighted by Crippen LogP contribution is 2.36. The number of thiophene rings is 1. The van der Waals surface area contributed by atoms with E-state index in [1.165, 1.54) is 5.56 Å². The maximum atomic E-state index is 10.0. The van der Waals surface area contributed by atoms with Gasteiger partial charge in [-0.05, 0) is 34.9 Å². The highest BCUT2D eigenvalue weighted by atomic mass is 79.9. The number of halogens is 1. The van der Waals surface area contributed by atoms with Crippen molar-refractivity contribution in [3.63, 3.8) is 0 Å². The van der Waals surface area contributed by atoms with Gasteiger partial charge in [0.2, 0.25) is 0 Å². The average Bonchev–Trinajstić information content (AvgIpc) is 2.65. The van der Waals surface area contributed by atoms with E-state index in [4.69, 9.17) is 0 Å². The summed E-state index contributed by atoms with van der Waals surface area (Å²) >= 11 is 5.01. The number of phenolic OH excluding ortho intramolecular Hbond substituents is 1. The van der Waals surface area contributed by atoms with Gasteiger partial charge in [0.05, 0.1) is 4.70 Å². The molecule has 0 saturated heterocycles. The molecular weight excluding hydrogens is 260 g/mol. The van der Waals surface area contributed by atoms with Gasteiger partial charge in [0, 0.05) is 10.9 Å². The lowest BCUT2D eigenvalue weighted by molar-refractivity contribution is 0.477. The van der Waals surface area contributed by atoms with Gasteiger partial charge in [0.25, 0.3) is 0 Å². The molecule has 1 aromatic heterocycles. The second-order valence-corrected chi connectivity index (χ2v) is 4.67. The highest BCUT2D eigenvalue weighted by molar-refractivity contribution is 9.08. The molecule has 1 nitrogen and oxygen atoms in total. The summed E-state index contributed by atoms with van der Waals surface area (Å²) in [4.78, 5) is 0. The predicted molar refractivity (Wildman–Crippen MR) is 65.5 cm³/mol. The summed E-state index contributed by atoms with van der Waals surface area (Å²) < 4.78 is 0.997. The number of aryl methyl sites for hydroxylation is 1. The molecule has 2 aromatic rings. The van der Waals surface area contributed by atoms with Crippen molar-refractivity contribution in [1.82, 2.24) is 0 Å². The summed E-state index contributed by atoms with van der Waals surface area (Å²) in [6.07, 6.45) is 0.959. The summed E-state index contributed by atoms with van der Waals surface area (Å²) in [7, 11) is 0. The molecular formula is C11H11BrOS. The SMILES string of the molecule is CCc1cc2ccsc2c(O)c1CBr. The lowest BCUT2D eigenvalue weighted by Gasteiger charge is -2.08. The van der Waals surface area contributed by atoms with Gasteiger partial charge >= 0.3 is 0 Å². The van der Waals surface area contributed by atoms with E-state index in [-0.39, 0.29) is 0 Å². The molecule has 0 unspecified atom stereocenters. The van der Waals surface area contributed by atoms with E-state index in [0.717, 1.165) is 27.4 Å². The van der Waals surface area contributed by atoms with E-state index < -0.39 is 0 Å². The van der Waals surface area contributed by atoms with Crippen LogP contribution in [0.2, 0.25) is 0 Å². The van der Waals surface area contributed by atoms with Crippen LogP contribution < -0.4 is 0 Å². The molecule has 1 aromatic carbocycles. The predicted octanol–water partition coefficient (Wildman–Crippen LogP) is 4.06. The topological polar surface area (TPSA) is 20.2 Å². The first-order valence-electron chi connectivity index (χ1n) is 4.54. The van der Waals surface area contributed by atoms with Crippen molar-refractivity contribution in [2.24, 2.45) is 0 Å². The van der Waals surface area contributed by atoms with Crippen molar-refractivity contribution in [2.45, 2.75) is 18.7 Å². The Kier molecular flexibility index (Phi) is 2.79. The normalized spacial score (nSPS) is 11.0. The summed E-state index contributed by atoms with van der Waals surface area (Å²) in [5.74, 6) is 0.450. The van der Waals surface area contributed by atoms with E-state index in [1.807, 2.05) is 5.38 Å². The van der Waals surface area contributed by atoms with Gasteiger partial charge in [-0.1, -0.05) is 22.9 Å². The summed E-state index contributed by atoms with van der Waals surface area (Å²) in [6.45, 7) is 2.11. The van der Waals surface area contributed by atoms with Crippen LogP contribution in [0.1, 0.15) is 18.1 Å². The van der Waals surface area contributed by atoms with Crippen LogP contribution in [0.4, 0.5) is 0 Å². The van der Waals surface area contributed by atoms with E-state index in [9.17, 15) is 5.11 Å². The molecule has 0 atom stereocenters.